The van der Waals surface area contributed by atoms with E-state index in [1.165, 1.54) is 0 Å². The van der Waals surface area contributed by atoms with Gasteiger partial charge in [-0.1, -0.05) is 0 Å². The monoisotopic (exact) mass is 263 g/mol. The third-order valence-electron chi connectivity index (χ3n) is 3.25. The molecule has 0 aliphatic carbocycles. The Labute approximate surface area is 113 Å². The summed E-state index contributed by atoms with van der Waals surface area (Å²) in [6.07, 6.45) is 1.01. The van der Waals surface area contributed by atoms with Crippen LogP contribution in [-0.4, -0.2) is 65.7 Å². The number of rotatable bonds is 3. The van der Waals surface area contributed by atoms with E-state index in [2.05, 4.69) is 27.5 Å². The highest BCUT2D eigenvalue weighted by atomic mass is 16.2. The van der Waals surface area contributed by atoms with Crippen LogP contribution >= 0.6 is 0 Å². The number of nitrogens with zero attached hydrogens (tertiary/aromatic N) is 4. The van der Waals surface area contributed by atoms with Gasteiger partial charge in [-0.2, -0.15) is 0 Å². The molecule has 0 spiro atoms. The molecule has 1 saturated heterocycles. The zero-order valence-electron chi connectivity index (χ0n) is 11.6. The quantitative estimate of drug-likeness (QED) is 0.869. The fraction of sp³-hybridized carbons (Fsp3) is 0.615. The number of nitrogens with one attached hydrogen (secondary N) is 1. The summed E-state index contributed by atoms with van der Waals surface area (Å²) in [5.41, 5.74) is 0.422. The summed E-state index contributed by atoms with van der Waals surface area (Å²) in [6.45, 7) is 6.28. The van der Waals surface area contributed by atoms with Crippen LogP contribution in [0.3, 0.4) is 0 Å². The topological polar surface area (TPSA) is 61.4 Å². The first-order valence-electron chi connectivity index (χ1n) is 6.76. The predicted molar refractivity (Wildman–Crippen MR) is 74.2 cm³/mol. The molecular formula is C13H21N5O. The second kappa shape index (κ2) is 6.47. The number of carbonyl (C=O) groups excluding carboxylic acids is 1. The van der Waals surface area contributed by atoms with Gasteiger partial charge in [-0.15, -0.1) is 10.2 Å². The molecule has 104 valence electrons. The van der Waals surface area contributed by atoms with Gasteiger partial charge in [0, 0.05) is 26.2 Å². The van der Waals surface area contributed by atoms with Crippen molar-refractivity contribution in [2.24, 2.45) is 0 Å². The minimum atomic E-state index is -0.0224. The third-order valence-corrected chi connectivity index (χ3v) is 3.25. The largest absolute Gasteiger partial charge is 0.369 e. The Morgan fingerprint density at radius 2 is 2.11 bits per heavy atom. The highest BCUT2D eigenvalue weighted by molar-refractivity contribution is 5.92. The summed E-state index contributed by atoms with van der Waals surface area (Å²) in [6, 6.07) is 3.54. The minimum Gasteiger partial charge on any atom is -0.369 e. The molecule has 1 aromatic rings. The maximum atomic E-state index is 12.3. The molecule has 1 aliphatic heterocycles. The van der Waals surface area contributed by atoms with Crippen LogP contribution < -0.4 is 5.32 Å². The Kier molecular flexibility index (Phi) is 4.68. The van der Waals surface area contributed by atoms with E-state index in [-0.39, 0.29) is 5.91 Å². The average molecular weight is 263 g/mol. The maximum Gasteiger partial charge on any atom is 0.274 e. The fourth-order valence-corrected chi connectivity index (χ4v) is 2.13. The van der Waals surface area contributed by atoms with Crippen LogP contribution in [0.5, 0.6) is 0 Å². The average Bonchev–Trinajstić information content (AvgIpc) is 2.64. The van der Waals surface area contributed by atoms with Crippen molar-refractivity contribution in [3.8, 4) is 0 Å². The second-order valence-corrected chi connectivity index (χ2v) is 4.78. The van der Waals surface area contributed by atoms with Gasteiger partial charge < -0.3 is 15.1 Å². The van der Waals surface area contributed by atoms with Crippen molar-refractivity contribution in [3.63, 3.8) is 0 Å². The van der Waals surface area contributed by atoms with Crippen molar-refractivity contribution >= 4 is 11.7 Å². The Balaban J connectivity index is 2.02. The first-order chi connectivity index (χ1) is 9.20. The lowest BCUT2D eigenvalue weighted by atomic mass is 10.3. The smallest absolute Gasteiger partial charge is 0.274 e. The molecule has 1 aliphatic rings. The molecule has 0 radical (unpaired) electrons. The Morgan fingerprint density at radius 3 is 2.79 bits per heavy atom. The normalized spacial score (nSPS) is 17.1. The summed E-state index contributed by atoms with van der Waals surface area (Å²) in [7, 11) is 2.08. The summed E-state index contributed by atoms with van der Waals surface area (Å²) in [5.74, 6) is 0.681. The molecule has 0 aromatic carbocycles. The van der Waals surface area contributed by atoms with Crippen LogP contribution in [0, 0.1) is 0 Å². The van der Waals surface area contributed by atoms with Gasteiger partial charge in [-0.25, -0.2) is 0 Å². The van der Waals surface area contributed by atoms with Crippen LogP contribution in [0.15, 0.2) is 12.1 Å². The van der Waals surface area contributed by atoms with Crippen molar-refractivity contribution in [3.05, 3.63) is 17.8 Å². The third kappa shape index (κ3) is 3.64. The first kappa shape index (κ1) is 13.7. The van der Waals surface area contributed by atoms with E-state index in [0.29, 0.717) is 11.5 Å². The van der Waals surface area contributed by atoms with Crippen molar-refractivity contribution in [2.75, 3.05) is 45.1 Å². The van der Waals surface area contributed by atoms with Crippen LogP contribution in [0.4, 0.5) is 5.82 Å². The van der Waals surface area contributed by atoms with Crippen molar-refractivity contribution in [1.82, 2.24) is 20.0 Å². The Bertz CT molecular complexity index is 420. The standard InChI is InChI=1S/C13H21N5O/c1-3-14-12-6-5-11(15-16-12)13(19)18-8-4-7-17(2)9-10-18/h5-6H,3-4,7-10H2,1-2H3,(H,14,16). The van der Waals surface area contributed by atoms with E-state index in [0.717, 1.165) is 39.1 Å². The van der Waals surface area contributed by atoms with Crippen LogP contribution in [0.25, 0.3) is 0 Å². The number of anilines is 1. The Morgan fingerprint density at radius 1 is 1.26 bits per heavy atom. The molecule has 0 unspecified atom stereocenters. The molecule has 2 rings (SSSR count). The van der Waals surface area contributed by atoms with Crippen LogP contribution in [0.2, 0.25) is 0 Å². The molecule has 19 heavy (non-hydrogen) atoms. The summed E-state index contributed by atoms with van der Waals surface area (Å²) >= 11 is 0. The molecule has 0 saturated carbocycles. The summed E-state index contributed by atoms with van der Waals surface area (Å²) in [5, 5.41) is 11.1. The highest BCUT2D eigenvalue weighted by Crippen LogP contribution is 2.08. The van der Waals surface area contributed by atoms with Gasteiger partial charge >= 0.3 is 0 Å². The lowest BCUT2D eigenvalue weighted by Gasteiger charge is -2.19. The van der Waals surface area contributed by atoms with E-state index >= 15 is 0 Å². The van der Waals surface area contributed by atoms with Gasteiger partial charge in [0.2, 0.25) is 0 Å². The number of hydrogen-bond acceptors (Lipinski definition) is 5. The molecule has 1 fully saturated rings. The molecule has 2 heterocycles. The van der Waals surface area contributed by atoms with Gasteiger partial charge in [0.1, 0.15) is 5.82 Å². The van der Waals surface area contributed by atoms with E-state index in [1.54, 1.807) is 12.1 Å². The molecule has 1 amide bonds. The summed E-state index contributed by atoms with van der Waals surface area (Å²) < 4.78 is 0. The predicted octanol–water partition coefficient (Wildman–Crippen LogP) is 0.686. The van der Waals surface area contributed by atoms with E-state index in [9.17, 15) is 4.79 Å². The number of hydrogen-bond donors (Lipinski definition) is 1. The molecule has 1 N–H and O–H groups in total. The maximum absolute atomic E-state index is 12.3. The SMILES string of the molecule is CCNc1ccc(C(=O)N2CCCN(C)CC2)nn1. The van der Waals surface area contributed by atoms with Gasteiger partial charge in [0.25, 0.3) is 5.91 Å². The van der Waals surface area contributed by atoms with Gasteiger partial charge in [-0.3, -0.25) is 4.79 Å². The van der Waals surface area contributed by atoms with E-state index in [1.807, 2.05) is 11.8 Å². The number of carbonyl (C=O) groups is 1. The van der Waals surface area contributed by atoms with Gasteiger partial charge in [0.15, 0.2) is 5.69 Å². The Hall–Kier alpha value is -1.69. The fourth-order valence-electron chi connectivity index (χ4n) is 2.13. The molecule has 6 heteroatoms. The number of amides is 1. The molecule has 6 nitrogen and oxygen atoms in total. The van der Waals surface area contributed by atoms with Gasteiger partial charge in [0.05, 0.1) is 0 Å². The molecular weight excluding hydrogens is 242 g/mol. The summed E-state index contributed by atoms with van der Waals surface area (Å²) in [4.78, 5) is 16.4. The van der Waals surface area contributed by atoms with E-state index in [4.69, 9.17) is 0 Å². The lowest BCUT2D eigenvalue weighted by molar-refractivity contribution is 0.0756. The zero-order valence-corrected chi connectivity index (χ0v) is 11.6. The molecule has 0 atom stereocenters. The number of likely N-dealkylation sites (N-methyl/N-ethyl adjacent to an activating group) is 1. The van der Waals surface area contributed by atoms with Crippen molar-refractivity contribution < 1.29 is 4.79 Å². The van der Waals surface area contributed by atoms with Crippen molar-refractivity contribution in [2.45, 2.75) is 13.3 Å². The van der Waals surface area contributed by atoms with E-state index < -0.39 is 0 Å². The van der Waals surface area contributed by atoms with Gasteiger partial charge in [-0.05, 0) is 39.1 Å². The molecule has 0 bridgehead atoms. The minimum absolute atomic E-state index is 0.0224. The van der Waals surface area contributed by atoms with Crippen LogP contribution in [-0.2, 0) is 0 Å². The second-order valence-electron chi connectivity index (χ2n) is 4.78. The first-order valence-corrected chi connectivity index (χ1v) is 6.76. The zero-order chi connectivity index (χ0) is 13.7. The molecule has 1 aromatic heterocycles. The van der Waals surface area contributed by atoms with Crippen molar-refractivity contribution in [1.29, 1.82) is 0 Å². The number of aromatic nitrogens is 2. The van der Waals surface area contributed by atoms with Crippen LogP contribution in [0.1, 0.15) is 23.8 Å². The lowest BCUT2D eigenvalue weighted by Crippen LogP contribution is -2.35. The highest BCUT2D eigenvalue weighted by Gasteiger charge is 2.20.